The summed E-state index contributed by atoms with van der Waals surface area (Å²) in [6.45, 7) is 8.55. The molecule has 94 valence electrons. The van der Waals surface area contributed by atoms with Crippen LogP contribution in [0.5, 0.6) is 0 Å². The number of nitrogens with two attached hydrogens (primary N) is 1. The Kier molecular flexibility index (Phi) is 3.88. The molecule has 2 fully saturated rings. The fourth-order valence-electron chi connectivity index (χ4n) is 3.39. The van der Waals surface area contributed by atoms with Crippen molar-refractivity contribution in [3.05, 3.63) is 0 Å². The zero-order valence-corrected chi connectivity index (χ0v) is 10.7. The van der Waals surface area contributed by atoms with Crippen LogP contribution in [0.25, 0.3) is 0 Å². The number of ether oxygens (including phenoxy) is 1. The number of hydrogen-bond acceptors (Lipinski definition) is 3. The van der Waals surface area contributed by atoms with Gasteiger partial charge in [-0.2, -0.15) is 0 Å². The van der Waals surface area contributed by atoms with Crippen LogP contribution in [0, 0.1) is 5.92 Å². The summed E-state index contributed by atoms with van der Waals surface area (Å²) in [6.07, 6.45) is 5.11. The Morgan fingerprint density at radius 1 is 1.44 bits per heavy atom. The molecule has 2 aliphatic rings. The van der Waals surface area contributed by atoms with Crippen LogP contribution in [-0.4, -0.2) is 42.8 Å². The molecule has 2 heterocycles. The standard InChI is InChI=1S/C13H26N2O/c1-13(2)6-4-7-15(13)12(9-14)11-5-3-8-16-10-11/h11-12H,3-10,14H2,1-2H3. The molecule has 3 nitrogen and oxygen atoms in total. The van der Waals surface area contributed by atoms with Gasteiger partial charge in [0.25, 0.3) is 0 Å². The summed E-state index contributed by atoms with van der Waals surface area (Å²) < 4.78 is 5.61. The normalized spacial score (nSPS) is 32.8. The van der Waals surface area contributed by atoms with Crippen LogP contribution >= 0.6 is 0 Å². The minimum atomic E-state index is 0.335. The van der Waals surface area contributed by atoms with Crippen LogP contribution in [0.1, 0.15) is 39.5 Å². The van der Waals surface area contributed by atoms with Crippen molar-refractivity contribution in [3.63, 3.8) is 0 Å². The molecular formula is C13H26N2O. The highest BCUT2D eigenvalue weighted by Crippen LogP contribution is 2.34. The summed E-state index contributed by atoms with van der Waals surface area (Å²) in [5, 5.41) is 0. The van der Waals surface area contributed by atoms with E-state index in [2.05, 4.69) is 18.7 Å². The predicted molar refractivity (Wildman–Crippen MR) is 66.4 cm³/mol. The first-order valence-electron chi connectivity index (χ1n) is 6.70. The number of hydrogen-bond donors (Lipinski definition) is 1. The van der Waals surface area contributed by atoms with Crippen molar-refractivity contribution in [3.8, 4) is 0 Å². The first-order chi connectivity index (χ1) is 7.65. The van der Waals surface area contributed by atoms with Crippen LogP contribution in [0.2, 0.25) is 0 Å². The van der Waals surface area contributed by atoms with Crippen LogP contribution in [-0.2, 0) is 4.74 Å². The summed E-state index contributed by atoms with van der Waals surface area (Å²) in [6, 6.07) is 0.526. The predicted octanol–water partition coefficient (Wildman–Crippen LogP) is 1.61. The molecule has 2 unspecified atom stereocenters. The van der Waals surface area contributed by atoms with Gasteiger partial charge in [-0.3, -0.25) is 4.90 Å². The van der Waals surface area contributed by atoms with Crippen molar-refractivity contribution in [2.75, 3.05) is 26.3 Å². The smallest absolute Gasteiger partial charge is 0.0509 e. The molecule has 2 rings (SSSR count). The van der Waals surface area contributed by atoms with Crippen molar-refractivity contribution in [1.82, 2.24) is 4.90 Å². The topological polar surface area (TPSA) is 38.5 Å². The van der Waals surface area contributed by atoms with Crippen LogP contribution in [0.15, 0.2) is 0 Å². The molecule has 0 radical (unpaired) electrons. The van der Waals surface area contributed by atoms with Gasteiger partial charge in [-0.1, -0.05) is 0 Å². The molecule has 0 bridgehead atoms. The Hall–Kier alpha value is -0.120. The second-order valence-corrected chi connectivity index (χ2v) is 5.89. The quantitative estimate of drug-likeness (QED) is 0.794. The first-order valence-corrected chi connectivity index (χ1v) is 6.70. The Balaban J connectivity index is 2.03. The Morgan fingerprint density at radius 3 is 2.75 bits per heavy atom. The average Bonchev–Trinajstić information content (AvgIpc) is 2.62. The highest BCUT2D eigenvalue weighted by atomic mass is 16.5. The molecule has 0 aliphatic carbocycles. The lowest BCUT2D eigenvalue weighted by Gasteiger charge is -2.42. The zero-order valence-electron chi connectivity index (χ0n) is 10.7. The summed E-state index contributed by atoms with van der Waals surface area (Å²) in [4.78, 5) is 2.63. The molecule has 2 aliphatic heterocycles. The minimum Gasteiger partial charge on any atom is -0.381 e. The van der Waals surface area contributed by atoms with E-state index in [1.54, 1.807) is 0 Å². The minimum absolute atomic E-state index is 0.335. The second kappa shape index (κ2) is 5.03. The SMILES string of the molecule is CC1(C)CCCN1C(CN)C1CCCOC1. The van der Waals surface area contributed by atoms with E-state index in [4.69, 9.17) is 10.5 Å². The maximum absolute atomic E-state index is 6.01. The van der Waals surface area contributed by atoms with Crippen LogP contribution < -0.4 is 5.73 Å². The molecule has 2 saturated heterocycles. The molecular weight excluding hydrogens is 200 g/mol. The van der Waals surface area contributed by atoms with E-state index in [1.807, 2.05) is 0 Å². The van der Waals surface area contributed by atoms with Crippen molar-refractivity contribution in [1.29, 1.82) is 0 Å². The van der Waals surface area contributed by atoms with Crippen molar-refractivity contribution in [2.45, 2.75) is 51.1 Å². The molecule has 16 heavy (non-hydrogen) atoms. The molecule has 0 aromatic carbocycles. The number of rotatable bonds is 3. The molecule has 3 heteroatoms. The summed E-state index contributed by atoms with van der Waals surface area (Å²) in [5.74, 6) is 0.649. The highest BCUT2D eigenvalue weighted by Gasteiger charge is 2.39. The molecule has 2 N–H and O–H groups in total. The van der Waals surface area contributed by atoms with Gasteiger partial charge >= 0.3 is 0 Å². The van der Waals surface area contributed by atoms with Crippen molar-refractivity contribution < 1.29 is 4.74 Å². The van der Waals surface area contributed by atoms with Crippen molar-refractivity contribution >= 4 is 0 Å². The maximum atomic E-state index is 6.01. The lowest BCUT2D eigenvalue weighted by Crippen LogP contribution is -2.53. The number of likely N-dealkylation sites (tertiary alicyclic amines) is 1. The van der Waals surface area contributed by atoms with E-state index in [0.29, 0.717) is 17.5 Å². The zero-order chi connectivity index (χ0) is 11.6. The fraction of sp³-hybridized carbons (Fsp3) is 1.00. The largest absolute Gasteiger partial charge is 0.381 e. The van der Waals surface area contributed by atoms with Gasteiger partial charge < -0.3 is 10.5 Å². The van der Waals surface area contributed by atoms with Gasteiger partial charge in [0.1, 0.15) is 0 Å². The summed E-state index contributed by atoms with van der Waals surface area (Å²) in [5.41, 5.74) is 6.34. The van der Waals surface area contributed by atoms with Gasteiger partial charge in [-0.05, 0) is 52.0 Å². The third-order valence-electron chi connectivity index (χ3n) is 4.35. The Morgan fingerprint density at radius 2 is 2.25 bits per heavy atom. The van der Waals surface area contributed by atoms with Gasteiger partial charge in [0.2, 0.25) is 0 Å². The third kappa shape index (κ3) is 2.41. The molecule has 0 aromatic heterocycles. The van der Waals surface area contributed by atoms with Gasteiger partial charge in [0.15, 0.2) is 0 Å². The van der Waals surface area contributed by atoms with E-state index >= 15 is 0 Å². The molecule has 0 saturated carbocycles. The molecule has 0 spiro atoms. The average molecular weight is 226 g/mol. The van der Waals surface area contributed by atoms with E-state index in [9.17, 15) is 0 Å². The van der Waals surface area contributed by atoms with Gasteiger partial charge in [-0.25, -0.2) is 0 Å². The van der Waals surface area contributed by atoms with Crippen LogP contribution in [0.3, 0.4) is 0 Å². The Labute approximate surface area is 99.3 Å². The first kappa shape index (κ1) is 12.3. The van der Waals surface area contributed by atoms with E-state index in [0.717, 1.165) is 19.8 Å². The molecule has 0 aromatic rings. The van der Waals surface area contributed by atoms with E-state index in [1.165, 1.54) is 32.2 Å². The lowest BCUT2D eigenvalue weighted by atomic mass is 9.90. The molecule has 0 amide bonds. The van der Waals surface area contributed by atoms with Crippen molar-refractivity contribution in [2.24, 2.45) is 11.7 Å². The van der Waals surface area contributed by atoms with Gasteiger partial charge in [0, 0.05) is 24.7 Å². The van der Waals surface area contributed by atoms with E-state index < -0.39 is 0 Å². The maximum Gasteiger partial charge on any atom is 0.0509 e. The van der Waals surface area contributed by atoms with Gasteiger partial charge in [0.05, 0.1) is 6.61 Å². The fourth-order valence-corrected chi connectivity index (χ4v) is 3.39. The monoisotopic (exact) mass is 226 g/mol. The molecule has 2 atom stereocenters. The second-order valence-electron chi connectivity index (χ2n) is 5.89. The van der Waals surface area contributed by atoms with Gasteiger partial charge in [-0.15, -0.1) is 0 Å². The third-order valence-corrected chi connectivity index (χ3v) is 4.35. The van der Waals surface area contributed by atoms with Crippen LogP contribution in [0.4, 0.5) is 0 Å². The summed E-state index contributed by atoms with van der Waals surface area (Å²) in [7, 11) is 0. The summed E-state index contributed by atoms with van der Waals surface area (Å²) >= 11 is 0. The number of nitrogens with zero attached hydrogens (tertiary/aromatic N) is 1. The highest BCUT2D eigenvalue weighted by molar-refractivity contribution is 4.95. The lowest BCUT2D eigenvalue weighted by molar-refractivity contribution is -0.00545. The Bertz CT molecular complexity index is 224. The van der Waals surface area contributed by atoms with E-state index in [-0.39, 0.29) is 0 Å².